The van der Waals surface area contributed by atoms with Crippen LogP contribution in [0.2, 0.25) is 0 Å². The molecule has 3 atom stereocenters. The Morgan fingerprint density at radius 1 is 0.500 bits per heavy atom. The average molecular weight is 986 g/mol. The highest BCUT2D eigenvalue weighted by molar-refractivity contribution is 5.81. The lowest BCUT2D eigenvalue weighted by Gasteiger charge is -2.34. The van der Waals surface area contributed by atoms with Crippen molar-refractivity contribution < 1.29 is 58.3 Å². The van der Waals surface area contributed by atoms with Crippen LogP contribution in [0, 0.1) is 5.41 Å². The van der Waals surface area contributed by atoms with E-state index < -0.39 is 23.7 Å². The van der Waals surface area contributed by atoms with Gasteiger partial charge in [-0.05, 0) is 20.5 Å². The molecule has 0 aromatic heterocycles. The maximum atomic E-state index is 12.4. The summed E-state index contributed by atoms with van der Waals surface area (Å²) >= 11 is 0. The number of aliphatic hydroxyl groups excluding tert-OH is 3. The van der Waals surface area contributed by atoms with Gasteiger partial charge >= 0.3 is 0 Å². The van der Waals surface area contributed by atoms with E-state index in [-0.39, 0.29) is 175 Å². The molecule has 0 rings (SSSR count). The van der Waals surface area contributed by atoms with Crippen LogP contribution < -0.4 is 66.3 Å². The molecule has 3 unspecified atom stereocenters. The van der Waals surface area contributed by atoms with Crippen molar-refractivity contribution in [3.05, 3.63) is 0 Å². The normalized spacial score (nSPS) is 13.3. The van der Waals surface area contributed by atoms with Gasteiger partial charge in [0.15, 0.2) is 0 Å². The second-order valence-corrected chi connectivity index (χ2v) is 15.6. The minimum absolute atomic E-state index is 0.00201. The van der Waals surface area contributed by atoms with E-state index in [4.69, 9.17) is 48.6 Å². The summed E-state index contributed by atoms with van der Waals surface area (Å²) in [4.78, 5) is 76.0. The molecule has 0 saturated heterocycles. The molecule has 0 aromatic carbocycles. The van der Waals surface area contributed by atoms with Crippen LogP contribution in [0.3, 0.4) is 0 Å². The van der Waals surface area contributed by atoms with Gasteiger partial charge in [-0.2, -0.15) is 0 Å². The summed E-state index contributed by atoms with van der Waals surface area (Å²) in [5.74, 6) is -1.55. The van der Waals surface area contributed by atoms with Crippen LogP contribution in [-0.2, 0) is 43.0 Å². The molecular formula is C41H91N15O12. The zero-order chi connectivity index (χ0) is 51.9. The summed E-state index contributed by atoms with van der Waals surface area (Å²) < 4.78 is 17.8. The molecule has 0 fully saturated rings. The third kappa shape index (κ3) is 42.6. The predicted molar refractivity (Wildman–Crippen MR) is 259 cm³/mol. The maximum absolute atomic E-state index is 12.4. The van der Waals surface area contributed by atoms with E-state index in [0.29, 0.717) is 19.0 Å². The number of aliphatic hydroxyl groups is 3. The van der Waals surface area contributed by atoms with Gasteiger partial charge in [0.2, 0.25) is 23.6 Å². The largest absolute Gasteiger partial charge is 0.389 e. The fourth-order valence-electron chi connectivity index (χ4n) is 5.69. The lowest BCUT2D eigenvalue weighted by atomic mass is 9.88. The van der Waals surface area contributed by atoms with Gasteiger partial charge in [0, 0.05) is 104 Å². The maximum Gasteiger partial charge on any atom is 0.234 e. The van der Waals surface area contributed by atoms with E-state index in [1.54, 1.807) is 0 Å². The standard InChI is InChI=1S/C35H71N11O12.2C3H10N2/c1-2-35(25-56-22-28(49)15-44(11-13-47)12-14-48,26-57-23-29(50)16-45(18-31(52)40-7-3-36)19-32(53)41-8-4-37)27-58-24-30(51)17-46(20-33(54)42-9-5-38)21-34(55)43-10-6-39;2*1-5-3-2-4/h13-14,28-30,49-51H,2-12,15-27,36-39H2,1H3,(H,40,52)(H,41,53)(H,42,54)(H,43,55);2*5H,2-4H2,1H3. The molecule has 0 saturated carbocycles. The van der Waals surface area contributed by atoms with Crippen LogP contribution in [0.4, 0.5) is 0 Å². The number of aldehydes is 2. The first kappa shape index (κ1) is 68.8. The third-order valence-corrected chi connectivity index (χ3v) is 9.10. The molecule has 27 heteroatoms. The first-order chi connectivity index (χ1) is 32.6. The average Bonchev–Trinajstić information content (AvgIpc) is 3.29. The lowest BCUT2D eigenvalue weighted by molar-refractivity contribution is -0.127. The number of amides is 4. The smallest absolute Gasteiger partial charge is 0.234 e. The predicted octanol–water partition coefficient (Wildman–Crippen LogP) is -9.55. The number of carbonyl (C=O) groups is 6. The van der Waals surface area contributed by atoms with Gasteiger partial charge in [-0.25, -0.2) is 0 Å². The van der Waals surface area contributed by atoms with Gasteiger partial charge in [0.05, 0.1) is 97.2 Å². The first-order valence-electron chi connectivity index (χ1n) is 23.0. The zero-order valence-corrected chi connectivity index (χ0v) is 41.0. The number of nitrogens with one attached hydrogen (secondary N) is 6. The van der Waals surface area contributed by atoms with E-state index in [0.717, 1.165) is 26.2 Å². The van der Waals surface area contributed by atoms with E-state index in [1.165, 1.54) is 14.7 Å². The van der Waals surface area contributed by atoms with Crippen LogP contribution in [0.25, 0.3) is 0 Å². The summed E-state index contributed by atoms with van der Waals surface area (Å²) in [6, 6.07) is 0. The van der Waals surface area contributed by atoms with Crippen LogP contribution in [0.1, 0.15) is 13.3 Å². The molecule has 402 valence electrons. The van der Waals surface area contributed by atoms with Crippen molar-refractivity contribution in [1.82, 2.24) is 46.6 Å². The summed E-state index contributed by atoms with van der Waals surface area (Å²) in [6.07, 6.45) is -1.68. The van der Waals surface area contributed by atoms with E-state index in [1.807, 2.05) is 21.0 Å². The first-order valence-corrected chi connectivity index (χ1v) is 23.0. The zero-order valence-electron chi connectivity index (χ0n) is 41.0. The van der Waals surface area contributed by atoms with Gasteiger partial charge in [-0.15, -0.1) is 0 Å². The van der Waals surface area contributed by atoms with Crippen molar-refractivity contribution in [3.63, 3.8) is 0 Å². The molecule has 4 amide bonds. The molecule has 0 aliphatic rings. The van der Waals surface area contributed by atoms with E-state index in [2.05, 4.69) is 31.9 Å². The highest BCUT2D eigenvalue weighted by atomic mass is 16.5. The van der Waals surface area contributed by atoms with Gasteiger partial charge in [0.1, 0.15) is 12.6 Å². The van der Waals surface area contributed by atoms with Crippen LogP contribution >= 0.6 is 0 Å². The van der Waals surface area contributed by atoms with Gasteiger partial charge in [-0.1, -0.05) is 6.92 Å². The number of rotatable bonds is 43. The Labute approximate surface area is 403 Å². The molecular weight excluding hydrogens is 895 g/mol. The topological polar surface area (TPSA) is 429 Å². The van der Waals surface area contributed by atoms with Crippen LogP contribution in [0.5, 0.6) is 0 Å². The molecule has 0 aromatic rings. The number of nitrogens with two attached hydrogens (primary N) is 6. The summed E-state index contributed by atoms with van der Waals surface area (Å²) in [6.45, 7) is 5.27. The van der Waals surface area contributed by atoms with Gasteiger partial charge in [-0.3, -0.25) is 33.9 Å². The summed E-state index contributed by atoms with van der Waals surface area (Å²) in [5, 5.41) is 48.7. The van der Waals surface area contributed by atoms with Crippen molar-refractivity contribution in [1.29, 1.82) is 0 Å². The van der Waals surface area contributed by atoms with Crippen molar-refractivity contribution in [2.24, 2.45) is 39.8 Å². The van der Waals surface area contributed by atoms with Gasteiger partial charge < -0.3 is 105 Å². The fourth-order valence-corrected chi connectivity index (χ4v) is 5.69. The van der Waals surface area contributed by atoms with E-state index in [9.17, 15) is 44.1 Å². The Kier molecular flexibility index (Phi) is 49.1. The molecule has 0 spiro atoms. The monoisotopic (exact) mass is 986 g/mol. The Bertz CT molecular complexity index is 1130. The number of likely N-dealkylation sites (N-methyl/N-ethyl adjacent to an activating group) is 2. The fraction of sp³-hybridized carbons (Fsp3) is 0.854. The Balaban J connectivity index is -0.00000379. The quantitative estimate of drug-likeness (QED) is 0.0252. The molecule has 0 aliphatic heterocycles. The molecule has 21 N–H and O–H groups in total. The Morgan fingerprint density at radius 3 is 0.971 bits per heavy atom. The van der Waals surface area contributed by atoms with Crippen LogP contribution in [-0.4, -0.2) is 276 Å². The molecule has 0 aliphatic carbocycles. The van der Waals surface area contributed by atoms with Crippen molar-refractivity contribution in [2.75, 3.05) is 191 Å². The van der Waals surface area contributed by atoms with Crippen molar-refractivity contribution >= 4 is 36.2 Å². The lowest BCUT2D eigenvalue weighted by Crippen LogP contribution is -2.48. The molecule has 68 heavy (non-hydrogen) atoms. The number of hydrogen-bond acceptors (Lipinski definition) is 23. The number of nitrogens with zero attached hydrogens (tertiary/aromatic N) is 3. The van der Waals surface area contributed by atoms with Crippen LogP contribution in [0.15, 0.2) is 0 Å². The minimum Gasteiger partial charge on any atom is -0.389 e. The highest BCUT2D eigenvalue weighted by Crippen LogP contribution is 2.24. The third-order valence-electron chi connectivity index (χ3n) is 9.10. The second-order valence-electron chi connectivity index (χ2n) is 15.6. The molecule has 0 radical (unpaired) electrons. The molecule has 0 bridgehead atoms. The summed E-state index contributed by atoms with van der Waals surface area (Å²) in [5.41, 5.74) is 31.1. The number of ether oxygens (including phenoxy) is 3. The SMILES string of the molecule is CCC(COCC(O)CN(CC=O)CC=O)(COCC(O)CN(CC(=O)NCCN)CC(=O)NCCN)COCC(O)CN(CC(=O)NCCN)CC(=O)NCCN.CNCCN.CNCCN. The second kappa shape index (κ2) is 48.6. The molecule has 0 heterocycles. The Morgan fingerprint density at radius 2 is 0.765 bits per heavy atom. The minimum atomic E-state index is -1.14. The number of carbonyl (C=O) groups excluding carboxylic acids is 6. The van der Waals surface area contributed by atoms with Crippen molar-refractivity contribution in [3.8, 4) is 0 Å². The summed E-state index contributed by atoms with van der Waals surface area (Å²) in [7, 11) is 3.76. The van der Waals surface area contributed by atoms with Gasteiger partial charge in [0.25, 0.3) is 0 Å². The van der Waals surface area contributed by atoms with Crippen molar-refractivity contribution in [2.45, 2.75) is 31.7 Å². The number of hydrogen-bond donors (Lipinski definition) is 15. The Hall–Kier alpha value is -3.46. The van der Waals surface area contributed by atoms with E-state index >= 15 is 0 Å². The molecule has 27 nitrogen and oxygen atoms in total. The highest BCUT2D eigenvalue weighted by Gasteiger charge is 2.32.